The minimum Gasteiger partial charge on any atom is -0.405 e. The molecular weight excluding hydrogens is 339 g/mol. The number of ether oxygens (including phenoxy) is 1. The molecule has 0 atom stereocenters. The Kier molecular flexibility index (Phi) is 4.78. The maximum absolute atomic E-state index is 12.3. The Morgan fingerprint density at radius 3 is 2.45 bits per heavy atom. The van der Waals surface area contributed by atoms with Gasteiger partial charge < -0.3 is 4.74 Å². The third kappa shape index (κ3) is 4.46. The van der Waals surface area contributed by atoms with Crippen molar-refractivity contribution in [2.24, 2.45) is 0 Å². The zero-order valence-corrected chi connectivity index (χ0v) is 13.0. The maximum atomic E-state index is 12.3. The summed E-state index contributed by atoms with van der Waals surface area (Å²) in [6.07, 6.45) is -4.83. The Balaban J connectivity index is 2.15. The molecule has 0 aliphatic rings. The second-order valence-electron chi connectivity index (χ2n) is 4.35. The molecular formula is C13H12F3NO3S2. The fourth-order valence-electron chi connectivity index (χ4n) is 1.67. The molecule has 0 fully saturated rings. The van der Waals surface area contributed by atoms with Crippen LogP contribution in [0, 0.1) is 6.92 Å². The number of benzene rings is 1. The van der Waals surface area contributed by atoms with Gasteiger partial charge in [0.2, 0.25) is 10.0 Å². The molecule has 0 unspecified atom stereocenters. The number of halogens is 3. The van der Waals surface area contributed by atoms with Gasteiger partial charge in [0.05, 0.1) is 0 Å². The van der Waals surface area contributed by atoms with E-state index in [4.69, 9.17) is 0 Å². The first kappa shape index (κ1) is 16.8. The first-order valence-corrected chi connectivity index (χ1v) is 8.37. The molecule has 0 saturated carbocycles. The van der Waals surface area contributed by atoms with Crippen molar-refractivity contribution in [2.75, 3.05) is 0 Å². The Hall–Kier alpha value is -1.58. The normalized spacial score (nSPS) is 12.4. The molecule has 0 aliphatic heterocycles. The van der Waals surface area contributed by atoms with Gasteiger partial charge >= 0.3 is 6.36 Å². The fourth-order valence-corrected chi connectivity index (χ4v) is 4.01. The summed E-state index contributed by atoms with van der Waals surface area (Å²) in [4.78, 5) is 0.821. The summed E-state index contributed by atoms with van der Waals surface area (Å²) in [6.45, 7) is 1.46. The van der Waals surface area contributed by atoms with Crippen LogP contribution in [0.4, 0.5) is 13.2 Å². The summed E-state index contributed by atoms with van der Waals surface area (Å²) in [5, 5.41) is 0. The van der Waals surface area contributed by atoms with Crippen LogP contribution in [-0.2, 0) is 16.6 Å². The van der Waals surface area contributed by atoms with Gasteiger partial charge in [-0.15, -0.1) is 24.5 Å². The van der Waals surface area contributed by atoms with E-state index in [0.717, 1.165) is 22.3 Å². The number of nitrogens with one attached hydrogen (secondary N) is 1. The Morgan fingerprint density at radius 1 is 1.18 bits per heavy atom. The number of hydrogen-bond donors (Lipinski definition) is 1. The highest BCUT2D eigenvalue weighted by molar-refractivity contribution is 7.91. The lowest BCUT2D eigenvalue weighted by Gasteiger charge is -2.13. The smallest absolute Gasteiger partial charge is 0.405 e. The fraction of sp³-hybridized carbons (Fsp3) is 0.231. The van der Waals surface area contributed by atoms with E-state index in [2.05, 4.69) is 9.46 Å². The monoisotopic (exact) mass is 351 g/mol. The molecule has 0 radical (unpaired) electrons. The van der Waals surface area contributed by atoms with E-state index in [-0.39, 0.29) is 16.3 Å². The molecule has 1 N–H and O–H groups in total. The second-order valence-corrected chi connectivity index (χ2v) is 7.63. The van der Waals surface area contributed by atoms with Gasteiger partial charge in [-0.05, 0) is 25.1 Å². The van der Waals surface area contributed by atoms with Gasteiger partial charge in [0.1, 0.15) is 9.96 Å². The molecule has 0 aliphatic carbocycles. The molecule has 2 aromatic rings. The molecule has 120 valence electrons. The number of thiophene rings is 1. The predicted molar refractivity (Wildman–Crippen MR) is 76.2 cm³/mol. The first-order valence-electron chi connectivity index (χ1n) is 6.07. The van der Waals surface area contributed by atoms with Crippen LogP contribution in [0.2, 0.25) is 0 Å². The molecule has 4 nitrogen and oxygen atoms in total. The molecule has 0 spiro atoms. The van der Waals surface area contributed by atoms with Crippen molar-refractivity contribution >= 4 is 21.4 Å². The summed E-state index contributed by atoms with van der Waals surface area (Å²) in [5.41, 5.74) is 0.0941. The van der Waals surface area contributed by atoms with E-state index in [9.17, 15) is 21.6 Å². The van der Waals surface area contributed by atoms with Crippen molar-refractivity contribution in [3.05, 3.63) is 46.8 Å². The molecule has 1 aromatic carbocycles. The average Bonchev–Trinajstić information content (AvgIpc) is 2.83. The first-order chi connectivity index (χ1) is 10.2. The van der Waals surface area contributed by atoms with Gasteiger partial charge in [0.25, 0.3) is 0 Å². The number of rotatable bonds is 5. The molecule has 22 heavy (non-hydrogen) atoms. The zero-order valence-electron chi connectivity index (χ0n) is 11.3. The predicted octanol–water partition coefficient (Wildman–Crippen LogP) is 3.43. The number of sulfonamides is 1. The van der Waals surface area contributed by atoms with Crippen LogP contribution < -0.4 is 9.46 Å². The lowest BCUT2D eigenvalue weighted by Crippen LogP contribution is -2.24. The average molecular weight is 351 g/mol. The third-order valence-electron chi connectivity index (χ3n) is 2.63. The lowest BCUT2D eigenvalue weighted by molar-refractivity contribution is -0.274. The van der Waals surface area contributed by atoms with E-state index in [0.29, 0.717) is 0 Å². The molecule has 1 aromatic heterocycles. The van der Waals surface area contributed by atoms with Crippen LogP contribution in [0.5, 0.6) is 5.75 Å². The van der Waals surface area contributed by atoms with Crippen molar-refractivity contribution in [2.45, 2.75) is 24.0 Å². The van der Waals surface area contributed by atoms with E-state index < -0.39 is 22.1 Å². The molecule has 0 saturated heterocycles. The van der Waals surface area contributed by atoms with E-state index in [1.54, 1.807) is 13.0 Å². The van der Waals surface area contributed by atoms with Crippen molar-refractivity contribution in [1.82, 2.24) is 4.72 Å². The number of hydrogen-bond acceptors (Lipinski definition) is 4. The number of alkyl halides is 3. The van der Waals surface area contributed by atoms with Gasteiger partial charge in [0, 0.05) is 17.0 Å². The van der Waals surface area contributed by atoms with Crippen LogP contribution >= 0.6 is 11.3 Å². The second kappa shape index (κ2) is 6.27. The van der Waals surface area contributed by atoms with Gasteiger partial charge in [-0.2, -0.15) is 0 Å². The van der Waals surface area contributed by atoms with Crippen LogP contribution in [0.1, 0.15) is 10.4 Å². The minimum absolute atomic E-state index is 0.0941. The topological polar surface area (TPSA) is 55.4 Å². The van der Waals surface area contributed by atoms with E-state index in [1.807, 2.05) is 0 Å². The Morgan fingerprint density at radius 2 is 1.86 bits per heavy atom. The lowest BCUT2D eigenvalue weighted by atomic mass is 10.2. The molecule has 0 amide bonds. The highest BCUT2D eigenvalue weighted by Crippen LogP contribution is 2.27. The van der Waals surface area contributed by atoms with Crippen molar-refractivity contribution in [3.8, 4) is 5.75 Å². The minimum atomic E-state index is -4.83. The highest BCUT2D eigenvalue weighted by Gasteiger charge is 2.32. The van der Waals surface area contributed by atoms with Gasteiger partial charge in [-0.25, -0.2) is 13.1 Å². The molecule has 9 heteroatoms. The van der Waals surface area contributed by atoms with Crippen LogP contribution in [0.25, 0.3) is 0 Å². The highest BCUT2D eigenvalue weighted by atomic mass is 32.2. The molecule has 1 heterocycles. The maximum Gasteiger partial charge on any atom is 0.573 e. The van der Waals surface area contributed by atoms with Crippen LogP contribution in [0.3, 0.4) is 0 Å². The number of para-hydroxylation sites is 1. The van der Waals surface area contributed by atoms with Gasteiger partial charge in [-0.1, -0.05) is 18.2 Å². The summed E-state index contributed by atoms with van der Waals surface area (Å²) in [5.74, 6) is -0.430. The van der Waals surface area contributed by atoms with E-state index in [1.165, 1.54) is 24.3 Å². The van der Waals surface area contributed by atoms with Gasteiger partial charge in [0.15, 0.2) is 0 Å². The van der Waals surface area contributed by atoms with Crippen LogP contribution in [0.15, 0.2) is 40.6 Å². The summed E-state index contributed by atoms with van der Waals surface area (Å²) < 4.78 is 67.3. The third-order valence-corrected chi connectivity index (χ3v) is 5.53. The standard InChI is InChI=1S/C13H12F3NO3S2/c1-9-6-7-12(21-9)22(18,19)17-8-10-4-2-3-5-11(10)20-13(14,15)16/h2-7,17H,8H2,1H3. The SMILES string of the molecule is Cc1ccc(S(=O)(=O)NCc2ccccc2OC(F)(F)F)s1. The summed E-state index contributed by atoms with van der Waals surface area (Å²) in [7, 11) is -3.77. The van der Waals surface area contributed by atoms with E-state index >= 15 is 0 Å². The van der Waals surface area contributed by atoms with Crippen molar-refractivity contribution < 1.29 is 26.3 Å². The summed E-state index contributed by atoms with van der Waals surface area (Å²) >= 11 is 1.08. The zero-order chi connectivity index (χ0) is 16.4. The van der Waals surface area contributed by atoms with Crippen molar-refractivity contribution in [1.29, 1.82) is 0 Å². The quantitative estimate of drug-likeness (QED) is 0.898. The Labute approximate surface area is 129 Å². The number of aryl methyl sites for hydroxylation is 1. The van der Waals surface area contributed by atoms with Gasteiger partial charge in [-0.3, -0.25) is 0 Å². The molecule has 0 bridgehead atoms. The Bertz CT molecular complexity index is 754. The van der Waals surface area contributed by atoms with Crippen molar-refractivity contribution in [3.63, 3.8) is 0 Å². The largest absolute Gasteiger partial charge is 0.573 e. The molecule has 2 rings (SSSR count). The summed E-state index contributed by atoms with van der Waals surface area (Å²) in [6, 6.07) is 8.47. The van der Waals surface area contributed by atoms with Crippen LogP contribution in [-0.4, -0.2) is 14.8 Å².